The summed E-state index contributed by atoms with van der Waals surface area (Å²) in [5.74, 6) is 0. The minimum atomic E-state index is 0.963. The van der Waals surface area contributed by atoms with Gasteiger partial charge in [0.05, 0.1) is 6.26 Å². The Morgan fingerprint density at radius 2 is 2.12 bits per heavy atom. The maximum Gasteiger partial charge on any atom is 0.135 e. The van der Waals surface area contributed by atoms with Gasteiger partial charge in [-0.15, -0.1) is 0 Å². The van der Waals surface area contributed by atoms with Gasteiger partial charge in [0.25, 0.3) is 0 Å². The summed E-state index contributed by atoms with van der Waals surface area (Å²) in [5, 5.41) is 4.58. The van der Waals surface area contributed by atoms with Crippen molar-refractivity contribution >= 4 is 26.9 Å². The number of fused-ring (bicyclic) bond motifs is 1. The molecule has 0 bridgehead atoms. The van der Waals surface area contributed by atoms with Crippen molar-refractivity contribution in [1.29, 1.82) is 0 Å². The summed E-state index contributed by atoms with van der Waals surface area (Å²) in [7, 11) is 0. The van der Waals surface area contributed by atoms with Crippen LogP contribution in [-0.4, -0.2) is 31.1 Å². The highest BCUT2D eigenvalue weighted by molar-refractivity contribution is 9.10. The molecule has 1 aromatic carbocycles. The summed E-state index contributed by atoms with van der Waals surface area (Å²) in [4.78, 5) is 2.46. The maximum absolute atomic E-state index is 5.60. The van der Waals surface area contributed by atoms with Gasteiger partial charge in [-0.1, -0.05) is 22.0 Å². The third-order valence-electron chi connectivity index (χ3n) is 3.23. The normalized spacial score (nSPS) is 17.7. The average molecular weight is 295 g/mol. The van der Waals surface area contributed by atoms with E-state index in [0.717, 1.165) is 42.8 Å². The molecule has 0 radical (unpaired) electrons. The predicted molar refractivity (Wildman–Crippen MR) is 72.1 cm³/mol. The number of nitrogens with zero attached hydrogens (tertiary/aromatic N) is 1. The Bertz CT molecular complexity index is 517. The van der Waals surface area contributed by atoms with Gasteiger partial charge < -0.3 is 9.73 Å². The molecule has 2 aromatic rings. The zero-order valence-electron chi connectivity index (χ0n) is 9.58. The standard InChI is InChI=1S/C13H15BrN2O/c14-11-2-1-3-12-13(11)10(9-17-12)8-16-6-4-15-5-7-16/h1-3,9,15H,4-8H2. The number of rotatable bonds is 2. The smallest absolute Gasteiger partial charge is 0.135 e. The number of hydrogen-bond acceptors (Lipinski definition) is 3. The lowest BCUT2D eigenvalue weighted by molar-refractivity contribution is 0.233. The molecular formula is C13H15BrN2O. The zero-order chi connectivity index (χ0) is 11.7. The van der Waals surface area contributed by atoms with Gasteiger partial charge in [0.15, 0.2) is 0 Å². The molecule has 0 unspecified atom stereocenters. The van der Waals surface area contributed by atoms with E-state index in [1.165, 1.54) is 10.9 Å². The molecule has 90 valence electrons. The van der Waals surface area contributed by atoms with Crippen LogP contribution in [-0.2, 0) is 6.54 Å². The number of nitrogens with one attached hydrogen (secondary N) is 1. The summed E-state index contributed by atoms with van der Waals surface area (Å²) in [6.45, 7) is 5.35. The number of benzene rings is 1. The molecule has 0 atom stereocenters. The average Bonchev–Trinajstić information content (AvgIpc) is 2.75. The Kier molecular flexibility index (Phi) is 3.18. The van der Waals surface area contributed by atoms with E-state index in [1.54, 1.807) is 0 Å². The highest BCUT2D eigenvalue weighted by Gasteiger charge is 2.14. The van der Waals surface area contributed by atoms with E-state index in [1.807, 2.05) is 18.4 Å². The van der Waals surface area contributed by atoms with E-state index < -0.39 is 0 Å². The van der Waals surface area contributed by atoms with E-state index in [4.69, 9.17) is 4.42 Å². The number of hydrogen-bond donors (Lipinski definition) is 1. The summed E-state index contributed by atoms with van der Waals surface area (Å²) in [6, 6.07) is 6.09. The molecule has 0 aliphatic carbocycles. The Labute approximate surface area is 109 Å². The monoisotopic (exact) mass is 294 g/mol. The molecule has 2 heterocycles. The van der Waals surface area contributed by atoms with Gasteiger partial charge in [-0.05, 0) is 12.1 Å². The van der Waals surface area contributed by atoms with E-state index in [2.05, 4.69) is 32.2 Å². The SMILES string of the molecule is Brc1cccc2occ(CN3CCNCC3)c12. The first-order valence-electron chi connectivity index (χ1n) is 5.92. The molecule has 0 spiro atoms. The highest BCUT2D eigenvalue weighted by atomic mass is 79.9. The minimum absolute atomic E-state index is 0.963. The zero-order valence-corrected chi connectivity index (χ0v) is 11.2. The van der Waals surface area contributed by atoms with Crippen molar-refractivity contribution < 1.29 is 4.42 Å². The first-order valence-corrected chi connectivity index (χ1v) is 6.71. The summed E-state index contributed by atoms with van der Waals surface area (Å²) < 4.78 is 6.72. The molecule has 1 aliphatic heterocycles. The van der Waals surface area contributed by atoms with Crippen LogP contribution >= 0.6 is 15.9 Å². The molecule has 0 amide bonds. The number of furan rings is 1. The largest absolute Gasteiger partial charge is 0.464 e. The van der Waals surface area contributed by atoms with Crippen molar-refractivity contribution in [3.05, 3.63) is 34.5 Å². The van der Waals surface area contributed by atoms with E-state index in [-0.39, 0.29) is 0 Å². The molecule has 1 aromatic heterocycles. The van der Waals surface area contributed by atoms with Crippen LogP contribution in [0.5, 0.6) is 0 Å². The number of halogens is 1. The molecule has 4 heteroatoms. The Morgan fingerprint density at radius 1 is 1.29 bits per heavy atom. The quantitative estimate of drug-likeness (QED) is 0.923. The van der Waals surface area contributed by atoms with Crippen LogP contribution in [0.2, 0.25) is 0 Å². The van der Waals surface area contributed by atoms with Gasteiger partial charge in [-0.25, -0.2) is 0 Å². The molecule has 1 fully saturated rings. The van der Waals surface area contributed by atoms with Crippen LogP contribution in [0.1, 0.15) is 5.56 Å². The van der Waals surface area contributed by atoms with Gasteiger partial charge in [-0.2, -0.15) is 0 Å². The third kappa shape index (κ3) is 2.25. The van der Waals surface area contributed by atoms with Gasteiger partial charge in [0, 0.05) is 48.1 Å². The van der Waals surface area contributed by atoms with Crippen molar-refractivity contribution in [2.75, 3.05) is 26.2 Å². The molecule has 1 aliphatic rings. The second-order valence-electron chi connectivity index (χ2n) is 4.40. The van der Waals surface area contributed by atoms with Gasteiger partial charge in [-0.3, -0.25) is 4.90 Å². The first kappa shape index (κ1) is 11.3. The fourth-order valence-corrected chi connectivity index (χ4v) is 2.94. The van der Waals surface area contributed by atoms with E-state index in [9.17, 15) is 0 Å². The summed E-state index contributed by atoms with van der Waals surface area (Å²) >= 11 is 3.60. The lowest BCUT2D eigenvalue weighted by atomic mass is 10.1. The molecule has 1 N–H and O–H groups in total. The number of piperazine rings is 1. The third-order valence-corrected chi connectivity index (χ3v) is 3.89. The molecule has 1 saturated heterocycles. The second kappa shape index (κ2) is 4.80. The topological polar surface area (TPSA) is 28.4 Å². The van der Waals surface area contributed by atoms with Crippen LogP contribution in [0, 0.1) is 0 Å². The molecule has 17 heavy (non-hydrogen) atoms. The summed E-state index contributed by atoms with van der Waals surface area (Å²) in [6.07, 6.45) is 1.89. The van der Waals surface area contributed by atoms with Crippen LogP contribution < -0.4 is 5.32 Å². The minimum Gasteiger partial charge on any atom is -0.464 e. The van der Waals surface area contributed by atoms with Crippen LogP contribution in [0.25, 0.3) is 11.0 Å². The summed E-state index contributed by atoms with van der Waals surface area (Å²) in [5.41, 5.74) is 2.24. The van der Waals surface area contributed by atoms with Gasteiger partial charge in [0.1, 0.15) is 5.58 Å². The van der Waals surface area contributed by atoms with Crippen LogP contribution in [0.15, 0.2) is 33.4 Å². The fourth-order valence-electron chi connectivity index (χ4n) is 2.33. The highest BCUT2D eigenvalue weighted by Crippen LogP contribution is 2.29. The van der Waals surface area contributed by atoms with Crippen LogP contribution in [0.4, 0.5) is 0 Å². The van der Waals surface area contributed by atoms with Crippen molar-refractivity contribution in [2.24, 2.45) is 0 Å². The lowest BCUT2D eigenvalue weighted by Crippen LogP contribution is -2.42. The second-order valence-corrected chi connectivity index (χ2v) is 5.25. The van der Waals surface area contributed by atoms with Crippen molar-refractivity contribution in [3.8, 4) is 0 Å². The predicted octanol–water partition coefficient (Wildman–Crippen LogP) is 2.60. The molecule has 3 rings (SSSR count). The maximum atomic E-state index is 5.60. The molecular weight excluding hydrogens is 280 g/mol. The van der Waals surface area contributed by atoms with Crippen molar-refractivity contribution in [2.45, 2.75) is 6.54 Å². The Balaban J connectivity index is 1.89. The lowest BCUT2D eigenvalue weighted by Gasteiger charge is -2.26. The fraction of sp³-hybridized carbons (Fsp3) is 0.385. The van der Waals surface area contributed by atoms with Crippen molar-refractivity contribution in [3.63, 3.8) is 0 Å². The van der Waals surface area contributed by atoms with Crippen molar-refractivity contribution in [1.82, 2.24) is 10.2 Å². The van der Waals surface area contributed by atoms with Gasteiger partial charge in [0.2, 0.25) is 0 Å². The Hall–Kier alpha value is -0.840. The van der Waals surface area contributed by atoms with E-state index >= 15 is 0 Å². The Morgan fingerprint density at radius 3 is 2.94 bits per heavy atom. The van der Waals surface area contributed by atoms with Gasteiger partial charge >= 0.3 is 0 Å². The first-order chi connectivity index (χ1) is 8.34. The van der Waals surface area contributed by atoms with Crippen LogP contribution in [0.3, 0.4) is 0 Å². The molecule has 0 saturated carbocycles. The van der Waals surface area contributed by atoms with E-state index in [0.29, 0.717) is 0 Å². The molecule has 3 nitrogen and oxygen atoms in total.